The highest BCUT2D eigenvalue weighted by molar-refractivity contribution is 5.88. The van der Waals surface area contributed by atoms with E-state index in [1.54, 1.807) is 0 Å². The molecular formula is C13H18O9. The van der Waals surface area contributed by atoms with E-state index in [1.807, 2.05) is 0 Å². The molecule has 0 aromatic heterocycles. The third-order valence-electron chi connectivity index (χ3n) is 2.77. The average Bonchev–Trinajstić information content (AvgIpc) is 2.92. The monoisotopic (exact) mass is 318 g/mol. The molecule has 0 aromatic carbocycles. The van der Waals surface area contributed by atoms with Gasteiger partial charge in [0.15, 0.2) is 0 Å². The second-order valence-electron chi connectivity index (χ2n) is 4.66. The Morgan fingerprint density at radius 2 is 1.73 bits per heavy atom. The number of ether oxygens (including phenoxy) is 4. The Hall–Kier alpha value is -2.16. The molecule has 0 saturated carbocycles. The van der Waals surface area contributed by atoms with Crippen LogP contribution in [0.2, 0.25) is 0 Å². The summed E-state index contributed by atoms with van der Waals surface area (Å²) in [5.74, 6) is -4.58. The highest BCUT2D eigenvalue weighted by Crippen LogP contribution is 2.14. The van der Waals surface area contributed by atoms with E-state index in [0.29, 0.717) is 13.0 Å². The predicted octanol–water partition coefficient (Wildman–Crippen LogP) is -0.343. The molecule has 124 valence electrons. The first-order chi connectivity index (χ1) is 10.3. The van der Waals surface area contributed by atoms with Crippen LogP contribution >= 0.6 is 0 Å². The molecule has 0 aromatic rings. The van der Waals surface area contributed by atoms with E-state index in [1.165, 1.54) is 0 Å². The summed E-state index contributed by atoms with van der Waals surface area (Å²) in [5.41, 5.74) is 0. The molecule has 22 heavy (non-hydrogen) atoms. The van der Waals surface area contributed by atoms with E-state index < -0.39 is 36.1 Å². The number of aliphatic carboxylic acids is 1. The molecular weight excluding hydrogens is 300 g/mol. The third-order valence-corrected chi connectivity index (χ3v) is 2.77. The summed E-state index contributed by atoms with van der Waals surface area (Å²) in [6.07, 6.45) is -2.59. The summed E-state index contributed by atoms with van der Waals surface area (Å²) in [7, 11) is 0. The lowest BCUT2D eigenvalue weighted by atomic mass is 10.2. The van der Waals surface area contributed by atoms with Crippen molar-refractivity contribution in [3.63, 3.8) is 0 Å². The smallest absolute Gasteiger partial charge is 0.352 e. The van der Waals surface area contributed by atoms with Crippen LogP contribution in [0, 0.1) is 0 Å². The second kappa shape index (κ2) is 8.32. The fourth-order valence-electron chi connectivity index (χ4n) is 1.87. The summed E-state index contributed by atoms with van der Waals surface area (Å²) in [5, 5.41) is 9.03. The van der Waals surface area contributed by atoms with Crippen LogP contribution in [-0.2, 0) is 38.1 Å². The molecule has 0 bridgehead atoms. The quantitative estimate of drug-likeness (QED) is 0.495. The number of carboxylic acids is 1. The van der Waals surface area contributed by atoms with Crippen molar-refractivity contribution in [1.82, 2.24) is 0 Å². The Balaban J connectivity index is 2.74. The van der Waals surface area contributed by atoms with Crippen LogP contribution in [0.4, 0.5) is 0 Å². The van der Waals surface area contributed by atoms with Crippen LogP contribution in [0.15, 0.2) is 0 Å². The molecule has 1 saturated heterocycles. The molecule has 9 nitrogen and oxygen atoms in total. The normalized spacial score (nSPS) is 19.8. The molecule has 1 N–H and O–H groups in total. The minimum Gasteiger partial charge on any atom is -0.478 e. The first kappa shape index (κ1) is 17.9. The average molecular weight is 318 g/mol. The number of carbonyl (C=O) groups excluding carboxylic acids is 3. The van der Waals surface area contributed by atoms with Crippen molar-refractivity contribution >= 4 is 23.9 Å². The van der Waals surface area contributed by atoms with Gasteiger partial charge in [-0.25, -0.2) is 9.59 Å². The predicted molar refractivity (Wildman–Crippen MR) is 68.7 cm³/mol. The van der Waals surface area contributed by atoms with E-state index in [2.05, 4.69) is 9.47 Å². The lowest BCUT2D eigenvalue weighted by Crippen LogP contribution is -2.46. The van der Waals surface area contributed by atoms with Crippen molar-refractivity contribution in [2.24, 2.45) is 0 Å². The molecule has 1 fully saturated rings. The number of esters is 3. The van der Waals surface area contributed by atoms with Gasteiger partial charge in [-0.3, -0.25) is 9.59 Å². The maximum Gasteiger partial charge on any atom is 0.352 e. The van der Waals surface area contributed by atoms with E-state index in [-0.39, 0.29) is 12.7 Å². The summed E-state index contributed by atoms with van der Waals surface area (Å²) >= 11 is 0. The Kier molecular flexibility index (Phi) is 6.77. The fraction of sp³-hybridized carbons (Fsp3) is 0.692. The van der Waals surface area contributed by atoms with Crippen molar-refractivity contribution in [3.05, 3.63) is 0 Å². The van der Waals surface area contributed by atoms with Crippen molar-refractivity contribution < 1.29 is 43.2 Å². The number of hydrogen-bond donors (Lipinski definition) is 1. The minimum atomic E-state index is -1.97. The second-order valence-corrected chi connectivity index (χ2v) is 4.66. The van der Waals surface area contributed by atoms with Gasteiger partial charge >= 0.3 is 23.9 Å². The molecule has 0 radical (unpaired) electrons. The van der Waals surface area contributed by atoms with Gasteiger partial charge in [0.05, 0.1) is 6.10 Å². The number of hydrogen-bond acceptors (Lipinski definition) is 8. The van der Waals surface area contributed by atoms with Gasteiger partial charge in [-0.05, 0) is 12.8 Å². The Morgan fingerprint density at radius 3 is 2.18 bits per heavy atom. The molecule has 1 aliphatic heterocycles. The topological polar surface area (TPSA) is 125 Å². The van der Waals surface area contributed by atoms with Crippen molar-refractivity contribution in [3.8, 4) is 0 Å². The first-order valence-electron chi connectivity index (χ1n) is 6.66. The van der Waals surface area contributed by atoms with Gasteiger partial charge in [-0.2, -0.15) is 0 Å². The molecule has 0 spiro atoms. The largest absolute Gasteiger partial charge is 0.478 e. The van der Waals surface area contributed by atoms with Gasteiger partial charge < -0.3 is 24.1 Å². The zero-order chi connectivity index (χ0) is 16.7. The molecule has 1 aliphatic rings. The lowest BCUT2D eigenvalue weighted by Gasteiger charge is -2.22. The molecule has 3 atom stereocenters. The van der Waals surface area contributed by atoms with Gasteiger partial charge in [0.2, 0.25) is 12.2 Å². The minimum absolute atomic E-state index is 0.0942. The van der Waals surface area contributed by atoms with Crippen LogP contribution in [0.25, 0.3) is 0 Å². The molecule has 0 amide bonds. The SMILES string of the molecule is CC(=O)O[C@@H](C(=O)O)[C@@H](OC(C)=O)C(=O)OC[C@H]1CCCO1. The molecule has 1 rings (SSSR count). The van der Waals surface area contributed by atoms with Gasteiger partial charge in [0, 0.05) is 20.5 Å². The summed E-state index contributed by atoms with van der Waals surface area (Å²) in [6.45, 7) is 2.43. The third kappa shape index (κ3) is 5.68. The Morgan fingerprint density at radius 1 is 1.14 bits per heavy atom. The highest BCUT2D eigenvalue weighted by atomic mass is 16.6. The highest BCUT2D eigenvalue weighted by Gasteiger charge is 2.41. The van der Waals surface area contributed by atoms with Gasteiger partial charge in [-0.15, -0.1) is 0 Å². The number of carbonyl (C=O) groups is 4. The Labute approximate surface area is 126 Å². The standard InChI is InChI=1S/C13H18O9/c1-7(14)21-10(12(16)17)11(22-8(2)15)13(18)20-6-9-4-3-5-19-9/h9-11H,3-6H2,1-2H3,(H,16,17)/t9-,10-,11-/m1/s1. The van der Waals surface area contributed by atoms with Crippen LogP contribution < -0.4 is 0 Å². The van der Waals surface area contributed by atoms with Crippen molar-refractivity contribution in [2.75, 3.05) is 13.2 Å². The summed E-state index contributed by atoms with van der Waals surface area (Å²) in [4.78, 5) is 45.1. The first-order valence-corrected chi connectivity index (χ1v) is 6.66. The number of rotatable bonds is 7. The maximum absolute atomic E-state index is 12.0. The number of carboxylic acid groups (broad SMARTS) is 1. The van der Waals surface area contributed by atoms with Crippen LogP contribution in [-0.4, -0.2) is 60.5 Å². The molecule has 9 heteroatoms. The Bertz CT molecular complexity index is 439. The van der Waals surface area contributed by atoms with Gasteiger partial charge in [0.1, 0.15) is 6.61 Å². The van der Waals surface area contributed by atoms with E-state index >= 15 is 0 Å². The van der Waals surface area contributed by atoms with Crippen LogP contribution in [0.5, 0.6) is 0 Å². The molecule has 0 aliphatic carbocycles. The van der Waals surface area contributed by atoms with E-state index in [4.69, 9.17) is 14.6 Å². The van der Waals surface area contributed by atoms with Crippen LogP contribution in [0.3, 0.4) is 0 Å². The van der Waals surface area contributed by atoms with E-state index in [0.717, 1.165) is 20.3 Å². The molecule has 0 unspecified atom stereocenters. The van der Waals surface area contributed by atoms with Crippen LogP contribution in [0.1, 0.15) is 26.7 Å². The van der Waals surface area contributed by atoms with Gasteiger partial charge in [-0.1, -0.05) is 0 Å². The maximum atomic E-state index is 12.0. The van der Waals surface area contributed by atoms with E-state index in [9.17, 15) is 19.2 Å². The lowest BCUT2D eigenvalue weighted by molar-refractivity contribution is -0.189. The summed E-state index contributed by atoms with van der Waals surface area (Å²) in [6, 6.07) is 0. The molecule has 1 heterocycles. The fourth-order valence-corrected chi connectivity index (χ4v) is 1.87. The summed E-state index contributed by atoms with van der Waals surface area (Å²) < 4.78 is 19.3. The van der Waals surface area contributed by atoms with Crippen molar-refractivity contribution in [2.45, 2.75) is 45.0 Å². The zero-order valence-corrected chi connectivity index (χ0v) is 12.3. The van der Waals surface area contributed by atoms with Gasteiger partial charge in [0.25, 0.3) is 0 Å². The zero-order valence-electron chi connectivity index (χ0n) is 12.3. The van der Waals surface area contributed by atoms with Crippen molar-refractivity contribution in [1.29, 1.82) is 0 Å².